The fourth-order valence-electron chi connectivity index (χ4n) is 6.08. The number of aromatic nitrogens is 1. The van der Waals surface area contributed by atoms with E-state index in [2.05, 4.69) is 5.16 Å². The molecule has 2 aromatic carbocycles. The van der Waals surface area contributed by atoms with E-state index in [0.29, 0.717) is 30.0 Å². The number of ether oxygens (including phenoxy) is 2. The minimum Gasteiger partial charge on any atom is -0.456 e. The van der Waals surface area contributed by atoms with E-state index < -0.39 is 29.1 Å². The Hall–Kier alpha value is -3.40. The van der Waals surface area contributed by atoms with Crippen LogP contribution in [-0.4, -0.2) is 35.4 Å². The third kappa shape index (κ3) is 5.58. The van der Waals surface area contributed by atoms with Gasteiger partial charge in [0.25, 0.3) is 0 Å². The lowest BCUT2D eigenvalue weighted by atomic mass is 9.99. The van der Waals surface area contributed by atoms with Gasteiger partial charge in [-0.15, -0.1) is 0 Å². The zero-order chi connectivity index (χ0) is 29.1. The molecule has 3 fully saturated rings. The van der Waals surface area contributed by atoms with E-state index in [-0.39, 0.29) is 47.4 Å². The van der Waals surface area contributed by atoms with Gasteiger partial charge in [0.1, 0.15) is 22.9 Å². The number of fused-ring (bicyclic) bond motifs is 2. The van der Waals surface area contributed by atoms with Gasteiger partial charge in [0, 0.05) is 35.5 Å². The molecule has 0 amide bonds. The molecular weight excluding hydrogens is 540 g/mol. The lowest BCUT2D eigenvalue weighted by molar-refractivity contribution is -0.137. The summed E-state index contributed by atoms with van der Waals surface area (Å²) in [7, 11) is 0. The standard InChI is InChI=1S/C31H32F4N2O4/c1-30(2,3)40-29(38)18-10-11-25(24(32)13-18)37-15-19-12-20(37)14-26(19)39-16-22-27(36-41-28(22)17-8-9-17)21-6-4-5-7-23(21)31(33,34)35/h4-7,10-11,13,17,19-20,26H,8-9,12,14-16H2,1-3H3/t19-,20-,26+/m0/s1. The summed E-state index contributed by atoms with van der Waals surface area (Å²) in [6.07, 6.45) is -1.35. The van der Waals surface area contributed by atoms with Crippen molar-refractivity contribution in [1.82, 2.24) is 5.16 Å². The fraction of sp³-hybridized carbons (Fsp3) is 0.484. The third-order valence-corrected chi connectivity index (χ3v) is 8.06. The maximum atomic E-state index is 15.1. The van der Waals surface area contributed by atoms with Gasteiger partial charge in [-0.05, 0) is 70.7 Å². The van der Waals surface area contributed by atoms with Gasteiger partial charge in [-0.3, -0.25) is 0 Å². The van der Waals surface area contributed by atoms with Crippen LogP contribution in [0.3, 0.4) is 0 Å². The second-order valence-electron chi connectivity index (χ2n) is 12.2. The topological polar surface area (TPSA) is 64.8 Å². The summed E-state index contributed by atoms with van der Waals surface area (Å²) < 4.78 is 73.7. The van der Waals surface area contributed by atoms with Crippen LogP contribution in [0.2, 0.25) is 0 Å². The van der Waals surface area contributed by atoms with E-state index in [0.717, 1.165) is 25.3 Å². The van der Waals surface area contributed by atoms with E-state index in [9.17, 15) is 18.0 Å². The number of esters is 1. The highest BCUT2D eigenvalue weighted by molar-refractivity contribution is 5.90. The number of hydrogen-bond donors (Lipinski definition) is 0. The van der Waals surface area contributed by atoms with Crippen molar-refractivity contribution in [2.24, 2.45) is 5.92 Å². The number of hydrogen-bond acceptors (Lipinski definition) is 6. The summed E-state index contributed by atoms with van der Waals surface area (Å²) in [6, 6.07) is 9.86. The third-order valence-electron chi connectivity index (χ3n) is 8.06. The molecule has 6 rings (SSSR count). The number of alkyl halides is 3. The zero-order valence-corrected chi connectivity index (χ0v) is 23.1. The van der Waals surface area contributed by atoms with Gasteiger partial charge in [-0.1, -0.05) is 23.4 Å². The first-order valence-electron chi connectivity index (χ1n) is 13.9. The highest BCUT2D eigenvalue weighted by Gasteiger charge is 2.46. The Morgan fingerprint density at radius 3 is 2.49 bits per heavy atom. The van der Waals surface area contributed by atoms with E-state index in [1.165, 1.54) is 18.2 Å². The molecule has 2 heterocycles. The molecule has 41 heavy (non-hydrogen) atoms. The lowest BCUT2D eigenvalue weighted by Gasteiger charge is -2.33. The molecular formula is C31H32F4N2O4. The first-order valence-corrected chi connectivity index (χ1v) is 13.9. The maximum Gasteiger partial charge on any atom is 0.417 e. The molecule has 2 aliphatic carbocycles. The van der Waals surface area contributed by atoms with Crippen LogP contribution < -0.4 is 4.90 Å². The van der Waals surface area contributed by atoms with Crippen molar-refractivity contribution in [2.75, 3.05) is 11.4 Å². The summed E-state index contributed by atoms with van der Waals surface area (Å²) >= 11 is 0. The molecule has 0 radical (unpaired) electrons. The number of rotatable bonds is 7. The number of piperidine rings is 1. The normalized spacial score (nSPS) is 22.4. The Bertz CT molecular complexity index is 1460. The number of halogens is 4. The average molecular weight is 573 g/mol. The molecule has 1 aliphatic heterocycles. The van der Waals surface area contributed by atoms with Crippen molar-refractivity contribution in [2.45, 2.75) is 82.9 Å². The molecule has 10 heteroatoms. The lowest BCUT2D eigenvalue weighted by Crippen LogP contribution is -2.39. The molecule has 1 saturated heterocycles. The van der Waals surface area contributed by atoms with Gasteiger partial charge in [0.2, 0.25) is 0 Å². The molecule has 0 N–H and O–H groups in total. The number of nitrogens with zero attached hydrogens (tertiary/aromatic N) is 2. The Kier molecular flexibility index (Phi) is 6.87. The second kappa shape index (κ2) is 10.2. The summed E-state index contributed by atoms with van der Waals surface area (Å²) in [5.41, 5.74) is -0.0987. The minimum absolute atomic E-state index is 0.0151. The predicted octanol–water partition coefficient (Wildman–Crippen LogP) is 7.52. The molecule has 218 valence electrons. The van der Waals surface area contributed by atoms with Crippen molar-refractivity contribution < 1.29 is 36.4 Å². The van der Waals surface area contributed by atoms with Crippen LogP contribution in [0.25, 0.3) is 11.3 Å². The Labute approximate surface area is 235 Å². The molecule has 3 aromatic rings. The van der Waals surface area contributed by atoms with E-state index in [4.69, 9.17) is 14.0 Å². The first-order chi connectivity index (χ1) is 19.4. The van der Waals surface area contributed by atoms with Crippen molar-refractivity contribution in [1.29, 1.82) is 0 Å². The van der Waals surface area contributed by atoms with Gasteiger partial charge < -0.3 is 18.9 Å². The van der Waals surface area contributed by atoms with Crippen LogP contribution in [-0.2, 0) is 22.3 Å². The molecule has 3 aliphatic rings. The quantitative estimate of drug-likeness (QED) is 0.216. The van der Waals surface area contributed by atoms with Crippen molar-refractivity contribution >= 4 is 11.7 Å². The van der Waals surface area contributed by atoms with Crippen LogP contribution in [0.15, 0.2) is 47.0 Å². The SMILES string of the molecule is CC(C)(C)OC(=O)c1ccc(N2C[C@@H]3C[C@H]2C[C@H]3OCc2c(-c3ccccc3C(F)(F)F)noc2C2CC2)c(F)c1. The highest BCUT2D eigenvalue weighted by Crippen LogP contribution is 2.47. The van der Waals surface area contributed by atoms with Crippen molar-refractivity contribution in [3.63, 3.8) is 0 Å². The van der Waals surface area contributed by atoms with Gasteiger partial charge in [0.05, 0.1) is 29.5 Å². The smallest absolute Gasteiger partial charge is 0.417 e. The molecule has 0 unspecified atom stereocenters. The van der Waals surface area contributed by atoms with E-state index >= 15 is 4.39 Å². The van der Waals surface area contributed by atoms with E-state index in [1.807, 2.05) is 4.90 Å². The monoisotopic (exact) mass is 572 g/mol. The average Bonchev–Trinajstić information content (AvgIpc) is 3.34. The first kappa shape index (κ1) is 27.8. The Morgan fingerprint density at radius 2 is 1.85 bits per heavy atom. The van der Waals surface area contributed by atoms with Crippen LogP contribution in [0, 0.1) is 11.7 Å². The summed E-state index contributed by atoms with van der Waals surface area (Å²) in [4.78, 5) is 14.4. The minimum atomic E-state index is -4.53. The van der Waals surface area contributed by atoms with Crippen LogP contribution >= 0.6 is 0 Å². The molecule has 2 saturated carbocycles. The second-order valence-corrected chi connectivity index (χ2v) is 12.2. The largest absolute Gasteiger partial charge is 0.456 e. The molecule has 6 nitrogen and oxygen atoms in total. The maximum absolute atomic E-state index is 15.1. The molecule has 2 bridgehead atoms. The summed E-state index contributed by atoms with van der Waals surface area (Å²) in [6.45, 7) is 5.96. The fourth-order valence-corrected chi connectivity index (χ4v) is 6.08. The van der Waals surface area contributed by atoms with E-state index in [1.54, 1.807) is 39.0 Å². The molecule has 1 aromatic heterocycles. The molecule has 0 spiro atoms. The van der Waals surface area contributed by atoms with Gasteiger partial charge in [0.15, 0.2) is 0 Å². The van der Waals surface area contributed by atoms with Crippen LogP contribution in [0.4, 0.5) is 23.2 Å². The van der Waals surface area contributed by atoms with Crippen LogP contribution in [0.1, 0.15) is 79.6 Å². The Morgan fingerprint density at radius 1 is 1.10 bits per heavy atom. The van der Waals surface area contributed by atoms with Gasteiger partial charge in [-0.2, -0.15) is 13.2 Å². The van der Waals surface area contributed by atoms with Gasteiger partial charge in [-0.25, -0.2) is 9.18 Å². The number of anilines is 1. The number of carbonyl (C=O) groups is 1. The van der Waals surface area contributed by atoms with Crippen LogP contribution in [0.5, 0.6) is 0 Å². The summed E-state index contributed by atoms with van der Waals surface area (Å²) in [5.74, 6) is -0.162. The Balaban J connectivity index is 1.15. The highest BCUT2D eigenvalue weighted by atomic mass is 19.4. The summed E-state index contributed by atoms with van der Waals surface area (Å²) in [5, 5.41) is 4.08. The number of carbonyl (C=O) groups excluding carboxylic acids is 1. The predicted molar refractivity (Wildman–Crippen MR) is 143 cm³/mol. The number of benzene rings is 2. The van der Waals surface area contributed by atoms with Crippen molar-refractivity contribution in [3.8, 4) is 11.3 Å². The zero-order valence-electron chi connectivity index (χ0n) is 23.1. The molecule has 3 atom stereocenters. The van der Waals surface area contributed by atoms with Gasteiger partial charge >= 0.3 is 12.1 Å². The van der Waals surface area contributed by atoms with Crippen molar-refractivity contribution in [3.05, 3.63) is 70.7 Å².